The molecule has 4 heterocycles. The summed E-state index contributed by atoms with van der Waals surface area (Å²) < 4.78 is 2.02. The topological polar surface area (TPSA) is 92.9 Å². The van der Waals surface area contributed by atoms with Gasteiger partial charge in [-0.15, -0.1) is 0 Å². The van der Waals surface area contributed by atoms with Crippen LogP contribution in [0.3, 0.4) is 0 Å². The molecule has 0 fully saturated rings. The molecule has 8 heteroatoms. The molecule has 1 atom stereocenters. The minimum atomic E-state index is -1.08. The van der Waals surface area contributed by atoms with E-state index in [1.165, 1.54) is 0 Å². The molecule has 4 rings (SSSR count). The molecule has 0 saturated heterocycles. The van der Waals surface area contributed by atoms with Crippen LogP contribution in [0.2, 0.25) is 5.02 Å². The molecule has 168 valence electrons. The van der Waals surface area contributed by atoms with Crippen molar-refractivity contribution < 1.29 is 9.90 Å². The summed E-state index contributed by atoms with van der Waals surface area (Å²) in [7, 11) is 0. The van der Waals surface area contributed by atoms with Crippen molar-refractivity contribution in [1.29, 1.82) is 0 Å². The first kappa shape index (κ1) is 22.4. The largest absolute Gasteiger partial charge is 0.384 e. The van der Waals surface area contributed by atoms with Gasteiger partial charge in [-0.25, -0.2) is 4.98 Å². The average Bonchev–Trinajstić information content (AvgIpc) is 3.23. The number of carbonyl (C=O) groups excluding carboxylic acids is 1. The minimum Gasteiger partial charge on any atom is -0.384 e. The quantitative estimate of drug-likeness (QED) is 0.591. The van der Waals surface area contributed by atoms with Gasteiger partial charge in [0, 0.05) is 35.8 Å². The van der Waals surface area contributed by atoms with Crippen molar-refractivity contribution in [2.45, 2.75) is 59.1 Å². The summed E-state index contributed by atoms with van der Waals surface area (Å²) in [6.07, 6.45) is 5.90. The Morgan fingerprint density at radius 1 is 1.25 bits per heavy atom. The highest BCUT2D eigenvalue weighted by Crippen LogP contribution is 2.39. The van der Waals surface area contributed by atoms with Crippen molar-refractivity contribution >= 4 is 23.3 Å². The highest BCUT2D eigenvalue weighted by atomic mass is 35.5. The molecule has 0 spiro atoms. The first-order chi connectivity index (χ1) is 14.9. The molecule has 0 bridgehead atoms. The van der Waals surface area contributed by atoms with Gasteiger partial charge < -0.3 is 10.4 Å². The number of rotatable bonds is 5. The summed E-state index contributed by atoms with van der Waals surface area (Å²) >= 11 is 6.47. The van der Waals surface area contributed by atoms with Crippen molar-refractivity contribution in [3.05, 3.63) is 58.8 Å². The lowest BCUT2D eigenvalue weighted by Gasteiger charge is -2.19. The van der Waals surface area contributed by atoms with Gasteiger partial charge in [-0.3, -0.25) is 14.5 Å². The lowest BCUT2D eigenvalue weighted by atomic mass is 9.89. The van der Waals surface area contributed by atoms with Crippen molar-refractivity contribution in [2.24, 2.45) is 5.41 Å². The molecule has 1 aliphatic heterocycles. The number of pyridine rings is 2. The van der Waals surface area contributed by atoms with Gasteiger partial charge in [0.05, 0.1) is 22.8 Å². The third-order valence-electron chi connectivity index (χ3n) is 5.87. The van der Waals surface area contributed by atoms with E-state index in [0.29, 0.717) is 16.5 Å². The van der Waals surface area contributed by atoms with E-state index >= 15 is 0 Å². The lowest BCUT2D eigenvalue weighted by molar-refractivity contribution is -0.117. The fraction of sp³-hybridized carbons (Fsp3) is 0.417. The standard InChI is InChI=1S/C24H28ClN5O2/c1-14(15-6-7-26-20(8-15)24(4,5)32)22(31)29-21-9-16(18(25)12-27-21)17-11-28-30-13-23(2,3)10-19(17)30/h6-9,11-12,14,32H,10,13H2,1-5H3,(H,27,29,31). The van der Waals surface area contributed by atoms with E-state index in [-0.39, 0.29) is 11.3 Å². The van der Waals surface area contributed by atoms with Gasteiger partial charge in [0.15, 0.2) is 0 Å². The Bertz CT molecular complexity index is 1180. The third kappa shape index (κ3) is 4.40. The fourth-order valence-electron chi connectivity index (χ4n) is 4.02. The molecule has 1 unspecified atom stereocenters. The van der Waals surface area contributed by atoms with Gasteiger partial charge in [0.2, 0.25) is 5.91 Å². The van der Waals surface area contributed by atoms with Crippen LogP contribution in [0.4, 0.5) is 5.82 Å². The van der Waals surface area contributed by atoms with Crippen LogP contribution in [0.5, 0.6) is 0 Å². The van der Waals surface area contributed by atoms with Crippen LogP contribution >= 0.6 is 11.6 Å². The number of carbonyl (C=O) groups is 1. The average molecular weight is 454 g/mol. The van der Waals surface area contributed by atoms with Crippen LogP contribution in [0.15, 0.2) is 36.8 Å². The summed E-state index contributed by atoms with van der Waals surface area (Å²) in [4.78, 5) is 21.5. The molecule has 7 nitrogen and oxygen atoms in total. The predicted molar refractivity (Wildman–Crippen MR) is 124 cm³/mol. The molecule has 0 radical (unpaired) electrons. The van der Waals surface area contributed by atoms with Crippen LogP contribution < -0.4 is 5.32 Å². The van der Waals surface area contributed by atoms with Crippen LogP contribution in [-0.4, -0.2) is 30.8 Å². The minimum absolute atomic E-state index is 0.150. The van der Waals surface area contributed by atoms with Crippen LogP contribution in [-0.2, 0) is 23.4 Å². The Labute approximate surface area is 192 Å². The summed E-state index contributed by atoms with van der Waals surface area (Å²) in [5.74, 6) is -0.239. The zero-order chi connectivity index (χ0) is 23.3. The van der Waals surface area contributed by atoms with Crippen LogP contribution in [0.25, 0.3) is 11.1 Å². The number of hydrogen-bond acceptors (Lipinski definition) is 5. The maximum Gasteiger partial charge on any atom is 0.232 e. The first-order valence-corrected chi connectivity index (χ1v) is 11.0. The Morgan fingerprint density at radius 2 is 2.00 bits per heavy atom. The molecule has 0 aliphatic carbocycles. The molecule has 1 aliphatic rings. The second kappa shape index (κ2) is 7.98. The van der Waals surface area contributed by atoms with Gasteiger partial charge in [-0.05, 0) is 56.4 Å². The normalized spacial score (nSPS) is 16.0. The summed E-state index contributed by atoms with van der Waals surface area (Å²) in [6, 6.07) is 5.33. The molecule has 3 aromatic rings. The third-order valence-corrected chi connectivity index (χ3v) is 6.17. The summed E-state index contributed by atoms with van der Waals surface area (Å²) in [6.45, 7) is 10.4. The number of nitrogens with one attached hydrogen (secondary N) is 1. The molecular weight excluding hydrogens is 426 g/mol. The number of aromatic nitrogens is 4. The number of halogens is 1. The number of amides is 1. The van der Waals surface area contributed by atoms with E-state index in [1.54, 1.807) is 44.4 Å². The number of anilines is 1. The van der Waals surface area contributed by atoms with Gasteiger partial charge in [0.1, 0.15) is 11.4 Å². The Morgan fingerprint density at radius 3 is 2.72 bits per heavy atom. The van der Waals surface area contributed by atoms with Crippen LogP contribution in [0, 0.1) is 5.41 Å². The van der Waals surface area contributed by atoms with Crippen LogP contribution in [0.1, 0.15) is 57.5 Å². The van der Waals surface area contributed by atoms with Crippen molar-refractivity contribution in [3.63, 3.8) is 0 Å². The molecular formula is C24H28ClN5O2. The molecule has 1 amide bonds. The fourth-order valence-corrected chi connectivity index (χ4v) is 4.23. The number of nitrogens with zero attached hydrogens (tertiary/aromatic N) is 4. The number of fused-ring (bicyclic) bond motifs is 1. The second-order valence-electron chi connectivity index (χ2n) is 9.80. The van der Waals surface area contributed by atoms with E-state index in [2.05, 4.69) is 34.2 Å². The van der Waals surface area contributed by atoms with Gasteiger partial charge in [-0.1, -0.05) is 25.4 Å². The molecule has 2 N–H and O–H groups in total. The lowest BCUT2D eigenvalue weighted by Crippen LogP contribution is -2.22. The zero-order valence-electron chi connectivity index (χ0n) is 19.0. The van der Waals surface area contributed by atoms with Gasteiger partial charge in [0.25, 0.3) is 0 Å². The highest BCUT2D eigenvalue weighted by molar-refractivity contribution is 6.33. The monoisotopic (exact) mass is 453 g/mol. The van der Waals surface area contributed by atoms with E-state index in [1.807, 2.05) is 17.8 Å². The molecule has 3 aromatic heterocycles. The summed E-state index contributed by atoms with van der Waals surface area (Å²) in [5, 5.41) is 18.2. The van der Waals surface area contributed by atoms with Crippen molar-refractivity contribution in [3.8, 4) is 11.1 Å². The SMILES string of the molecule is CC(C(=O)Nc1cc(-c2cnn3c2CC(C)(C)C3)c(Cl)cn1)c1ccnc(C(C)(C)O)c1. The smallest absolute Gasteiger partial charge is 0.232 e. The second-order valence-corrected chi connectivity index (χ2v) is 10.2. The highest BCUT2D eigenvalue weighted by Gasteiger charge is 2.32. The predicted octanol–water partition coefficient (Wildman–Crippen LogP) is 4.55. The summed E-state index contributed by atoms with van der Waals surface area (Å²) in [5.41, 5.74) is 3.26. The van der Waals surface area contributed by atoms with Crippen molar-refractivity contribution in [1.82, 2.24) is 19.7 Å². The Balaban J connectivity index is 1.57. The molecule has 0 aromatic carbocycles. The number of hydrogen-bond donors (Lipinski definition) is 2. The van der Waals surface area contributed by atoms with E-state index < -0.39 is 11.5 Å². The maximum absolute atomic E-state index is 12.9. The van der Waals surface area contributed by atoms with E-state index in [4.69, 9.17) is 11.6 Å². The van der Waals surface area contributed by atoms with E-state index in [0.717, 1.165) is 35.3 Å². The Hall–Kier alpha value is -2.77. The van der Waals surface area contributed by atoms with E-state index in [9.17, 15) is 9.90 Å². The first-order valence-electron chi connectivity index (χ1n) is 10.6. The van der Waals surface area contributed by atoms with Gasteiger partial charge in [-0.2, -0.15) is 5.10 Å². The zero-order valence-corrected chi connectivity index (χ0v) is 19.7. The van der Waals surface area contributed by atoms with Crippen molar-refractivity contribution in [2.75, 3.05) is 5.32 Å². The maximum atomic E-state index is 12.9. The van der Waals surface area contributed by atoms with Gasteiger partial charge >= 0.3 is 0 Å². The number of aliphatic hydroxyl groups is 1. The molecule has 32 heavy (non-hydrogen) atoms. The Kier molecular flexibility index (Phi) is 5.59. The molecule has 0 saturated carbocycles.